The van der Waals surface area contributed by atoms with Gasteiger partial charge >= 0.3 is 0 Å². The van der Waals surface area contributed by atoms with E-state index in [4.69, 9.17) is 0 Å². The van der Waals surface area contributed by atoms with Gasteiger partial charge in [-0.15, -0.1) is 0 Å². The molecule has 148 valence electrons. The summed E-state index contributed by atoms with van der Waals surface area (Å²) in [6.07, 6.45) is 6.97. The zero-order chi connectivity index (χ0) is 19.4. The molecule has 1 saturated carbocycles. The lowest BCUT2D eigenvalue weighted by Crippen LogP contribution is -2.44. The fraction of sp³-hybridized carbons (Fsp3) is 0.579. The first-order valence-corrected chi connectivity index (χ1v) is 11.4. The number of carbonyl (C=O) groups excluding carboxylic acids is 2. The van der Waals surface area contributed by atoms with E-state index in [0.717, 1.165) is 19.1 Å². The molecule has 7 nitrogen and oxygen atoms in total. The largest absolute Gasteiger partial charge is 0.353 e. The van der Waals surface area contributed by atoms with E-state index >= 15 is 0 Å². The second kappa shape index (κ2) is 8.29. The molecule has 2 N–H and O–H groups in total. The maximum atomic E-state index is 12.6. The number of anilines is 1. The number of sulfonamides is 1. The number of rotatable bonds is 5. The molecule has 3 rings (SSSR count). The van der Waals surface area contributed by atoms with Gasteiger partial charge in [0.05, 0.1) is 6.26 Å². The molecule has 0 radical (unpaired) electrons. The first-order chi connectivity index (χ1) is 12.8. The van der Waals surface area contributed by atoms with Crippen molar-refractivity contribution in [3.63, 3.8) is 0 Å². The molecule has 2 aliphatic rings. The summed E-state index contributed by atoms with van der Waals surface area (Å²) in [4.78, 5) is 26.8. The van der Waals surface area contributed by atoms with Gasteiger partial charge in [-0.2, -0.15) is 0 Å². The molecule has 1 heterocycles. The fourth-order valence-corrected chi connectivity index (χ4v) is 4.38. The Morgan fingerprint density at radius 1 is 1.00 bits per heavy atom. The predicted molar refractivity (Wildman–Crippen MR) is 104 cm³/mol. The molecule has 27 heavy (non-hydrogen) atoms. The van der Waals surface area contributed by atoms with Crippen molar-refractivity contribution in [2.45, 2.75) is 44.6 Å². The zero-order valence-corrected chi connectivity index (χ0v) is 16.4. The maximum Gasteiger partial charge on any atom is 0.253 e. The standard InChI is InChI=1S/C19H27N3O4S/c1-27(25,26)21-17-8-6-15(7-9-17)19(24)22-12-10-14(11-13-22)18(23)20-16-4-2-3-5-16/h6-9,14,16,21H,2-5,10-13H2,1H3,(H,20,23). The van der Waals surface area contributed by atoms with Crippen LogP contribution in [0.2, 0.25) is 0 Å². The van der Waals surface area contributed by atoms with Gasteiger partial charge in [0.25, 0.3) is 5.91 Å². The molecule has 1 aromatic carbocycles. The van der Waals surface area contributed by atoms with Crippen molar-refractivity contribution < 1.29 is 18.0 Å². The molecule has 0 bridgehead atoms. The molecule has 0 unspecified atom stereocenters. The number of carbonyl (C=O) groups is 2. The van der Waals surface area contributed by atoms with Crippen LogP contribution in [0.25, 0.3) is 0 Å². The van der Waals surface area contributed by atoms with Gasteiger partial charge in [-0.1, -0.05) is 12.8 Å². The lowest BCUT2D eigenvalue weighted by Gasteiger charge is -2.32. The Kier molecular flexibility index (Phi) is 6.04. The number of hydrogen-bond acceptors (Lipinski definition) is 4. The maximum absolute atomic E-state index is 12.6. The van der Waals surface area contributed by atoms with E-state index in [1.54, 1.807) is 29.2 Å². The smallest absolute Gasteiger partial charge is 0.253 e. The van der Waals surface area contributed by atoms with Gasteiger partial charge in [0.1, 0.15) is 0 Å². The number of hydrogen-bond donors (Lipinski definition) is 2. The summed E-state index contributed by atoms with van der Waals surface area (Å²) in [5.41, 5.74) is 0.944. The van der Waals surface area contributed by atoms with Gasteiger partial charge in [-0.25, -0.2) is 8.42 Å². The van der Waals surface area contributed by atoms with E-state index in [1.807, 2.05) is 0 Å². The summed E-state index contributed by atoms with van der Waals surface area (Å²) in [5.74, 6) is 0.0248. The van der Waals surface area contributed by atoms with E-state index in [0.29, 0.717) is 43.2 Å². The third-order valence-corrected chi connectivity index (χ3v) is 5.90. The lowest BCUT2D eigenvalue weighted by molar-refractivity contribution is -0.127. The zero-order valence-electron chi connectivity index (χ0n) is 15.6. The van der Waals surface area contributed by atoms with Crippen LogP contribution in [0.15, 0.2) is 24.3 Å². The third kappa shape index (κ3) is 5.45. The number of benzene rings is 1. The SMILES string of the molecule is CS(=O)(=O)Nc1ccc(C(=O)N2CCC(C(=O)NC3CCCC3)CC2)cc1. The molecule has 8 heteroatoms. The van der Waals surface area contributed by atoms with E-state index in [-0.39, 0.29) is 17.7 Å². The van der Waals surface area contributed by atoms with Crippen molar-refractivity contribution >= 4 is 27.5 Å². The highest BCUT2D eigenvalue weighted by Crippen LogP contribution is 2.22. The molecular formula is C19H27N3O4S. The van der Waals surface area contributed by atoms with Crippen molar-refractivity contribution in [3.05, 3.63) is 29.8 Å². The van der Waals surface area contributed by atoms with Crippen LogP contribution >= 0.6 is 0 Å². The van der Waals surface area contributed by atoms with Crippen LogP contribution in [0.1, 0.15) is 48.9 Å². The Hall–Kier alpha value is -2.09. The number of likely N-dealkylation sites (tertiary alicyclic amines) is 1. The molecule has 1 aliphatic carbocycles. The van der Waals surface area contributed by atoms with Crippen LogP contribution in [0, 0.1) is 5.92 Å². The van der Waals surface area contributed by atoms with Crippen molar-refractivity contribution in [1.82, 2.24) is 10.2 Å². The monoisotopic (exact) mass is 393 g/mol. The molecule has 2 fully saturated rings. The molecule has 0 spiro atoms. The van der Waals surface area contributed by atoms with E-state index in [2.05, 4.69) is 10.0 Å². The van der Waals surface area contributed by atoms with Crippen LogP contribution in [0.5, 0.6) is 0 Å². The molecule has 1 aromatic rings. The highest BCUT2D eigenvalue weighted by Gasteiger charge is 2.29. The molecular weight excluding hydrogens is 366 g/mol. The van der Waals surface area contributed by atoms with Gasteiger partial charge in [-0.3, -0.25) is 14.3 Å². The second-order valence-electron chi connectivity index (χ2n) is 7.51. The first-order valence-electron chi connectivity index (χ1n) is 9.49. The number of piperidine rings is 1. The van der Waals surface area contributed by atoms with Crippen LogP contribution < -0.4 is 10.0 Å². The van der Waals surface area contributed by atoms with Crippen LogP contribution in [0.3, 0.4) is 0 Å². The quantitative estimate of drug-likeness (QED) is 0.799. The first kappa shape index (κ1) is 19.7. The number of nitrogens with one attached hydrogen (secondary N) is 2. The topological polar surface area (TPSA) is 95.6 Å². The highest BCUT2D eigenvalue weighted by molar-refractivity contribution is 7.92. The van der Waals surface area contributed by atoms with Gasteiger partial charge in [0.15, 0.2) is 0 Å². The summed E-state index contributed by atoms with van der Waals surface area (Å²) in [6, 6.07) is 6.73. The second-order valence-corrected chi connectivity index (χ2v) is 9.26. The van der Waals surface area contributed by atoms with Crippen molar-refractivity contribution in [3.8, 4) is 0 Å². The van der Waals surface area contributed by atoms with Crippen molar-refractivity contribution in [1.29, 1.82) is 0 Å². The van der Waals surface area contributed by atoms with Gasteiger partial charge < -0.3 is 10.2 Å². The highest BCUT2D eigenvalue weighted by atomic mass is 32.2. The van der Waals surface area contributed by atoms with Crippen molar-refractivity contribution in [2.24, 2.45) is 5.92 Å². The number of amides is 2. The molecule has 2 amide bonds. The normalized spacial score (nSPS) is 19.1. The summed E-state index contributed by atoms with van der Waals surface area (Å²) in [5, 5.41) is 3.15. The Balaban J connectivity index is 1.51. The Bertz CT molecular complexity index is 778. The molecule has 1 aliphatic heterocycles. The summed E-state index contributed by atoms with van der Waals surface area (Å²) in [6.45, 7) is 1.12. The van der Waals surface area contributed by atoms with E-state index < -0.39 is 10.0 Å². The van der Waals surface area contributed by atoms with Gasteiger partial charge in [0.2, 0.25) is 15.9 Å². The minimum atomic E-state index is -3.34. The summed E-state index contributed by atoms with van der Waals surface area (Å²) < 4.78 is 24.9. The van der Waals surface area contributed by atoms with Gasteiger partial charge in [-0.05, 0) is 49.9 Å². The molecule has 0 atom stereocenters. The summed E-state index contributed by atoms with van der Waals surface area (Å²) >= 11 is 0. The molecule has 0 aromatic heterocycles. The molecule has 1 saturated heterocycles. The van der Waals surface area contributed by atoms with E-state index in [9.17, 15) is 18.0 Å². The minimum absolute atomic E-state index is 0.0176. The predicted octanol–water partition coefficient (Wildman–Crippen LogP) is 1.97. The van der Waals surface area contributed by atoms with Gasteiger partial charge in [0, 0.05) is 36.3 Å². The third-order valence-electron chi connectivity index (χ3n) is 5.29. The fourth-order valence-electron chi connectivity index (χ4n) is 3.81. The van der Waals surface area contributed by atoms with Crippen LogP contribution in [0.4, 0.5) is 5.69 Å². The average molecular weight is 394 g/mol. The Labute approximate surface area is 160 Å². The minimum Gasteiger partial charge on any atom is -0.353 e. The van der Waals surface area contributed by atoms with Crippen LogP contribution in [-0.4, -0.2) is 50.5 Å². The van der Waals surface area contributed by atoms with E-state index in [1.165, 1.54) is 12.8 Å². The Morgan fingerprint density at radius 2 is 1.59 bits per heavy atom. The average Bonchev–Trinajstić information content (AvgIpc) is 3.13. The van der Waals surface area contributed by atoms with Crippen LogP contribution in [-0.2, 0) is 14.8 Å². The lowest BCUT2D eigenvalue weighted by atomic mass is 9.95. The Morgan fingerprint density at radius 3 is 2.15 bits per heavy atom. The summed E-state index contributed by atoms with van der Waals surface area (Å²) in [7, 11) is -3.34. The number of nitrogens with zero attached hydrogens (tertiary/aromatic N) is 1. The van der Waals surface area contributed by atoms with Crippen molar-refractivity contribution in [2.75, 3.05) is 24.1 Å².